The van der Waals surface area contributed by atoms with Crippen molar-refractivity contribution >= 4 is 5.97 Å². The number of rotatable bonds is 10. The monoisotopic (exact) mass is 332 g/mol. The van der Waals surface area contributed by atoms with Crippen molar-refractivity contribution in [3.05, 3.63) is 11.6 Å². The van der Waals surface area contributed by atoms with Crippen LogP contribution >= 0.6 is 0 Å². The molecule has 0 aliphatic carbocycles. The molecule has 23 heavy (non-hydrogen) atoms. The molecule has 4 N–H and O–H groups in total. The molecule has 0 radical (unpaired) electrons. The van der Waals surface area contributed by atoms with Crippen molar-refractivity contribution in [3.8, 4) is 0 Å². The van der Waals surface area contributed by atoms with E-state index < -0.39 is 29.4 Å². The first-order valence-electron chi connectivity index (χ1n) is 8.02. The van der Waals surface area contributed by atoms with Crippen molar-refractivity contribution < 1.29 is 30.0 Å². The highest BCUT2D eigenvalue weighted by molar-refractivity contribution is 5.82. The van der Waals surface area contributed by atoms with E-state index in [4.69, 9.17) is 0 Å². The van der Waals surface area contributed by atoms with Crippen LogP contribution in [-0.4, -0.2) is 56.9 Å². The van der Waals surface area contributed by atoms with Gasteiger partial charge in [0.25, 0.3) is 0 Å². The summed E-state index contributed by atoms with van der Waals surface area (Å²) in [5.41, 5.74) is -1.84. The lowest BCUT2D eigenvalue weighted by molar-refractivity contribution is -0.134. The summed E-state index contributed by atoms with van der Waals surface area (Å²) in [6.45, 7) is 6.57. The van der Waals surface area contributed by atoms with Crippen LogP contribution in [0.4, 0.5) is 0 Å². The van der Waals surface area contributed by atoms with Gasteiger partial charge in [-0.15, -0.1) is 0 Å². The summed E-state index contributed by atoms with van der Waals surface area (Å²) in [7, 11) is 1.29. The fraction of sp³-hybridized carbons (Fsp3) is 0.824. The predicted octanol–water partition coefficient (Wildman–Crippen LogP) is 1.30. The van der Waals surface area contributed by atoms with Gasteiger partial charge in [-0.3, -0.25) is 0 Å². The number of carbonyl (C=O) groups excluding carboxylic acids is 1. The van der Waals surface area contributed by atoms with Gasteiger partial charge in [-0.05, 0) is 52.9 Å². The van der Waals surface area contributed by atoms with Gasteiger partial charge >= 0.3 is 5.97 Å². The number of aliphatic hydroxyl groups excluding tert-OH is 2. The second-order valence-corrected chi connectivity index (χ2v) is 6.69. The lowest BCUT2D eigenvalue weighted by atomic mass is 9.85. The number of allylic oxidation sites excluding steroid dienone is 1. The highest BCUT2D eigenvalue weighted by Gasteiger charge is 2.34. The van der Waals surface area contributed by atoms with Crippen LogP contribution in [0.1, 0.15) is 59.8 Å². The zero-order valence-corrected chi connectivity index (χ0v) is 14.9. The largest absolute Gasteiger partial charge is 0.466 e. The zero-order chi connectivity index (χ0) is 18.3. The zero-order valence-electron chi connectivity index (χ0n) is 14.9. The van der Waals surface area contributed by atoms with Crippen LogP contribution in [0.3, 0.4) is 0 Å². The molecule has 0 heterocycles. The average molecular weight is 332 g/mol. The van der Waals surface area contributed by atoms with E-state index in [2.05, 4.69) is 4.74 Å². The molecular weight excluding hydrogens is 300 g/mol. The van der Waals surface area contributed by atoms with Crippen LogP contribution in [0, 0.1) is 0 Å². The fourth-order valence-electron chi connectivity index (χ4n) is 2.15. The summed E-state index contributed by atoms with van der Waals surface area (Å²) in [4.78, 5) is 11.1. The Balaban J connectivity index is 4.47. The fourth-order valence-corrected chi connectivity index (χ4v) is 2.15. The van der Waals surface area contributed by atoms with Gasteiger partial charge in [-0.25, -0.2) is 4.79 Å². The van der Waals surface area contributed by atoms with Crippen LogP contribution < -0.4 is 0 Å². The van der Waals surface area contributed by atoms with Gasteiger partial charge in [0.2, 0.25) is 0 Å². The number of methoxy groups -OCH3 is 1. The third-order valence-corrected chi connectivity index (χ3v) is 4.45. The smallest absolute Gasteiger partial charge is 0.330 e. The Morgan fingerprint density at radius 3 is 2.13 bits per heavy atom. The second kappa shape index (κ2) is 9.37. The molecule has 0 unspecified atom stereocenters. The van der Waals surface area contributed by atoms with Crippen molar-refractivity contribution in [3.63, 3.8) is 0 Å². The standard InChI is InChI=1S/C17H32O6/c1-6-16(3,21)14(19)9-10-17(4,22)13(18)8-7-12(2)11-15(20)23-5/h11,13-14,18-19,21-22H,6-10H2,1-5H3/b12-11+/t13-,14-,16-,17-/m0/s1. The molecule has 0 aliphatic rings. The van der Waals surface area contributed by atoms with Crippen LogP contribution in [-0.2, 0) is 9.53 Å². The van der Waals surface area contributed by atoms with E-state index in [-0.39, 0.29) is 19.3 Å². The van der Waals surface area contributed by atoms with E-state index >= 15 is 0 Å². The first-order valence-corrected chi connectivity index (χ1v) is 8.02. The van der Waals surface area contributed by atoms with Crippen molar-refractivity contribution in [2.24, 2.45) is 0 Å². The van der Waals surface area contributed by atoms with E-state index in [1.54, 1.807) is 20.8 Å². The molecule has 0 aromatic carbocycles. The number of aliphatic hydroxyl groups is 4. The lowest BCUT2D eigenvalue weighted by Crippen LogP contribution is -2.43. The Morgan fingerprint density at radius 2 is 1.65 bits per heavy atom. The molecular formula is C17H32O6. The maximum atomic E-state index is 11.1. The molecule has 6 nitrogen and oxygen atoms in total. The normalized spacial score (nSPS) is 20.3. The number of carbonyl (C=O) groups is 1. The summed E-state index contributed by atoms with van der Waals surface area (Å²) in [6, 6.07) is 0. The quantitative estimate of drug-likeness (QED) is 0.355. The van der Waals surface area contributed by atoms with Gasteiger partial charge in [0.1, 0.15) is 0 Å². The average Bonchev–Trinajstić information content (AvgIpc) is 2.49. The molecule has 4 atom stereocenters. The Bertz CT molecular complexity index is 400. The first kappa shape index (κ1) is 22.1. The molecule has 0 fully saturated rings. The highest BCUT2D eigenvalue weighted by atomic mass is 16.5. The minimum Gasteiger partial charge on any atom is -0.466 e. The van der Waals surface area contributed by atoms with Crippen molar-refractivity contribution in [2.45, 2.75) is 83.2 Å². The predicted molar refractivity (Wildman–Crippen MR) is 87.8 cm³/mol. The number of hydrogen-bond donors (Lipinski definition) is 4. The summed E-state index contributed by atoms with van der Waals surface area (Å²) in [6.07, 6.45) is 0.857. The Kier molecular flexibility index (Phi) is 8.98. The highest BCUT2D eigenvalue weighted by Crippen LogP contribution is 2.26. The molecule has 0 saturated carbocycles. The number of hydrogen-bond acceptors (Lipinski definition) is 6. The van der Waals surface area contributed by atoms with Crippen molar-refractivity contribution in [2.75, 3.05) is 7.11 Å². The maximum Gasteiger partial charge on any atom is 0.330 e. The Labute approximate surface area is 138 Å². The van der Waals surface area contributed by atoms with Gasteiger partial charge in [0.05, 0.1) is 30.5 Å². The molecule has 0 spiro atoms. The summed E-state index contributed by atoms with van der Waals surface area (Å²) >= 11 is 0. The third-order valence-electron chi connectivity index (χ3n) is 4.45. The van der Waals surface area contributed by atoms with Gasteiger partial charge in [-0.2, -0.15) is 0 Å². The molecule has 0 bridgehead atoms. The van der Waals surface area contributed by atoms with Gasteiger partial charge in [0.15, 0.2) is 0 Å². The minimum absolute atomic E-state index is 0.158. The van der Waals surface area contributed by atoms with Crippen molar-refractivity contribution in [1.82, 2.24) is 0 Å². The molecule has 0 aromatic heterocycles. The maximum absolute atomic E-state index is 11.1. The topological polar surface area (TPSA) is 107 Å². The Hall–Kier alpha value is -0.950. The SMILES string of the molecule is CC[C@](C)(O)[C@@H](O)CC[C@](C)(O)[C@@H](O)CC/C(C)=C/C(=O)OC. The van der Waals surface area contributed by atoms with E-state index in [1.807, 2.05) is 0 Å². The summed E-state index contributed by atoms with van der Waals surface area (Å²) in [5, 5.41) is 40.4. The van der Waals surface area contributed by atoms with Crippen LogP contribution in [0.5, 0.6) is 0 Å². The van der Waals surface area contributed by atoms with Crippen LogP contribution in [0.2, 0.25) is 0 Å². The van der Waals surface area contributed by atoms with E-state index in [9.17, 15) is 25.2 Å². The van der Waals surface area contributed by atoms with E-state index in [1.165, 1.54) is 20.1 Å². The summed E-state index contributed by atoms with van der Waals surface area (Å²) < 4.78 is 4.52. The molecule has 0 rings (SSSR count). The third kappa shape index (κ3) is 7.92. The molecule has 0 amide bonds. The van der Waals surface area contributed by atoms with Crippen molar-refractivity contribution in [1.29, 1.82) is 0 Å². The molecule has 136 valence electrons. The minimum atomic E-state index is -1.38. The summed E-state index contributed by atoms with van der Waals surface area (Å²) in [5.74, 6) is -0.450. The number of esters is 1. The molecule has 0 saturated heterocycles. The first-order chi connectivity index (χ1) is 10.5. The molecule has 6 heteroatoms. The van der Waals surface area contributed by atoms with Crippen LogP contribution in [0.25, 0.3) is 0 Å². The lowest BCUT2D eigenvalue weighted by Gasteiger charge is -2.33. The van der Waals surface area contributed by atoms with E-state index in [0.717, 1.165) is 5.57 Å². The Morgan fingerprint density at radius 1 is 1.13 bits per heavy atom. The molecule has 0 aromatic rings. The molecule has 0 aliphatic heterocycles. The van der Waals surface area contributed by atoms with Gasteiger partial charge in [-0.1, -0.05) is 12.5 Å². The van der Waals surface area contributed by atoms with Gasteiger partial charge in [0, 0.05) is 6.08 Å². The second-order valence-electron chi connectivity index (χ2n) is 6.69. The van der Waals surface area contributed by atoms with Gasteiger partial charge < -0.3 is 25.2 Å². The van der Waals surface area contributed by atoms with E-state index in [0.29, 0.717) is 12.8 Å². The van der Waals surface area contributed by atoms with Crippen LogP contribution in [0.15, 0.2) is 11.6 Å². The number of ether oxygens (including phenoxy) is 1.